The van der Waals surface area contributed by atoms with Gasteiger partial charge in [-0.25, -0.2) is 4.98 Å². The fraction of sp³-hybridized carbons (Fsp3) is 0.522. The van der Waals surface area contributed by atoms with E-state index in [-0.39, 0.29) is 29.9 Å². The van der Waals surface area contributed by atoms with Crippen LogP contribution < -0.4 is 5.32 Å². The maximum absolute atomic E-state index is 13.1. The highest BCUT2D eigenvalue weighted by atomic mass is 16.5. The summed E-state index contributed by atoms with van der Waals surface area (Å²) in [6, 6.07) is 8.49. The molecular weight excluding hydrogens is 380 g/mol. The number of likely N-dealkylation sites (tertiary alicyclic amines) is 1. The summed E-state index contributed by atoms with van der Waals surface area (Å²) in [7, 11) is 0. The van der Waals surface area contributed by atoms with Crippen molar-refractivity contribution in [1.82, 2.24) is 19.8 Å². The number of benzene rings is 1. The van der Waals surface area contributed by atoms with Gasteiger partial charge < -0.3 is 19.5 Å². The Morgan fingerprint density at radius 2 is 1.87 bits per heavy atom. The first kappa shape index (κ1) is 20.6. The number of fused-ring (bicyclic) bond motifs is 1. The van der Waals surface area contributed by atoms with Gasteiger partial charge in [-0.15, -0.1) is 0 Å². The average molecular weight is 411 g/mol. The smallest absolute Gasteiger partial charge is 0.274 e. The van der Waals surface area contributed by atoms with Crippen molar-refractivity contribution >= 4 is 11.8 Å². The normalized spacial score (nSPS) is 19.6. The lowest BCUT2D eigenvalue weighted by Crippen LogP contribution is -2.44. The van der Waals surface area contributed by atoms with Crippen molar-refractivity contribution in [3.05, 3.63) is 53.1 Å². The summed E-state index contributed by atoms with van der Waals surface area (Å²) in [5.41, 5.74) is 3.66. The molecule has 0 bridgehead atoms. The van der Waals surface area contributed by atoms with Crippen molar-refractivity contribution in [3.8, 4) is 0 Å². The number of carbonyl (C=O) groups excluding carboxylic acids is 2. The van der Waals surface area contributed by atoms with E-state index >= 15 is 0 Å². The minimum atomic E-state index is -0.0659. The minimum absolute atomic E-state index is 0.0223. The third-order valence-corrected chi connectivity index (χ3v) is 5.97. The molecule has 1 saturated heterocycles. The summed E-state index contributed by atoms with van der Waals surface area (Å²) >= 11 is 0. The van der Waals surface area contributed by atoms with Crippen LogP contribution in [-0.4, -0.2) is 45.4 Å². The molecule has 0 saturated carbocycles. The van der Waals surface area contributed by atoms with Crippen molar-refractivity contribution in [3.63, 3.8) is 0 Å². The number of nitrogens with one attached hydrogen (secondary N) is 1. The second kappa shape index (κ2) is 8.60. The Bertz CT molecular complexity index is 911. The molecule has 1 atom stereocenters. The second-order valence-electron chi connectivity index (χ2n) is 8.63. The Morgan fingerprint density at radius 1 is 1.17 bits per heavy atom. The van der Waals surface area contributed by atoms with E-state index in [2.05, 4.69) is 41.5 Å². The molecule has 2 amide bonds. The summed E-state index contributed by atoms with van der Waals surface area (Å²) in [5, 5.41) is 2.97. The zero-order valence-corrected chi connectivity index (χ0v) is 17.9. The number of hydrogen-bond acceptors (Lipinski definition) is 4. The number of rotatable bonds is 4. The maximum atomic E-state index is 13.1. The first-order valence-electron chi connectivity index (χ1n) is 10.7. The molecule has 160 valence electrons. The Kier molecular flexibility index (Phi) is 5.90. The summed E-state index contributed by atoms with van der Waals surface area (Å²) in [6.07, 6.45) is 3.08. The van der Waals surface area contributed by atoms with E-state index in [4.69, 9.17) is 4.74 Å². The van der Waals surface area contributed by atoms with E-state index in [1.807, 2.05) is 23.3 Å². The predicted octanol–water partition coefficient (Wildman–Crippen LogP) is 2.84. The third-order valence-electron chi connectivity index (χ3n) is 5.97. The van der Waals surface area contributed by atoms with E-state index in [9.17, 15) is 9.59 Å². The molecule has 4 rings (SSSR count). The number of hydrogen-bond donors (Lipinski definition) is 1. The number of amides is 2. The highest BCUT2D eigenvalue weighted by Gasteiger charge is 2.32. The zero-order chi connectivity index (χ0) is 21.3. The molecule has 2 aliphatic rings. The van der Waals surface area contributed by atoms with Crippen LogP contribution in [0.15, 0.2) is 30.6 Å². The van der Waals surface area contributed by atoms with Crippen molar-refractivity contribution < 1.29 is 14.3 Å². The summed E-state index contributed by atoms with van der Waals surface area (Å²) < 4.78 is 8.10. The van der Waals surface area contributed by atoms with E-state index in [1.54, 1.807) is 6.33 Å². The van der Waals surface area contributed by atoms with Crippen LogP contribution in [0, 0.1) is 12.8 Å². The quantitative estimate of drug-likeness (QED) is 0.841. The number of carbonyl (C=O) groups is 2. The topological polar surface area (TPSA) is 76.5 Å². The van der Waals surface area contributed by atoms with Gasteiger partial charge in [0.2, 0.25) is 5.91 Å². The van der Waals surface area contributed by atoms with Gasteiger partial charge in [-0.05, 0) is 39.2 Å². The SMILES string of the molecule is Cc1ccc([C@@H]2Cn3cnc(C(=O)N4CCC(C(=O)NC(C)C)CC4)c3CO2)cc1. The van der Waals surface area contributed by atoms with Crippen LogP contribution in [0.2, 0.25) is 0 Å². The van der Waals surface area contributed by atoms with Gasteiger partial charge in [-0.2, -0.15) is 0 Å². The Labute approximate surface area is 177 Å². The number of ether oxygens (including phenoxy) is 1. The standard InChI is InChI=1S/C23H30N4O3/c1-15(2)25-22(28)18-8-10-26(11-9-18)23(29)21-19-13-30-20(12-27(19)14-24-21)17-6-4-16(3)5-7-17/h4-7,14-15,18,20H,8-13H2,1-3H3,(H,25,28)/t20-/m0/s1. The van der Waals surface area contributed by atoms with Gasteiger partial charge in [0, 0.05) is 25.0 Å². The van der Waals surface area contributed by atoms with Gasteiger partial charge in [-0.3, -0.25) is 9.59 Å². The van der Waals surface area contributed by atoms with Crippen LogP contribution in [0.5, 0.6) is 0 Å². The van der Waals surface area contributed by atoms with E-state index in [0.717, 1.165) is 11.3 Å². The van der Waals surface area contributed by atoms with E-state index in [1.165, 1.54) is 5.56 Å². The van der Waals surface area contributed by atoms with Crippen molar-refractivity contribution in [2.24, 2.45) is 5.92 Å². The molecule has 0 aliphatic carbocycles. The molecule has 0 unspecified atom stereocenters. The molecule has 1 N–H and O–H groups in total. The van der Waals surface area contributed by atoms with Gasteiger partial charge >= 0.3 is 0 Å². The fourth-order valence-electron chi connectivity index (χ4n) is 4.19. The zero-order valence-electron chi connectivity index (χ0n) is 17.9. The number of aromatic nitrogens is 2. The molecular formula is C23H30N4O3. The first-order chi connectivity index (χ1) is 14.4. The van der Waals surface area contributed by atoms with Crippen LogP contribution in [0.4, 0.5) is 0 Å². The lowest BCUT2D eigenvalue weighted by atomic mass is 9.95. The van der Waals surface area contributed by atoms with E-state index < -0.39 is 0 Å². The lowest BCUT2D eigenvalue weighted by molar-refractivity contribution is -0.126. The molecule has 7 nitrogen and oxygen atoms in total. The number of aryl methyl sites for hydroxylation is 1. The molecule has 1 aromatic carbocycles. The number of nitrogens with zero attached hydrogens (tertiary/aromatic N) is 3. The highest BCUT2D eigenvalue weighted by molar-refractivity contribution is 5.93. The Balaban J connectivity index is 1.39. The van der Waals surface area contributed by atoms with Crippen LogP contribution in [-0.2, 0) is 22.7 Å². The highest BCUT2D eigenvalue weighted by Crippen LogP contribution is 2.29. The number of piperidine rings is 1. The Morgan fingerprint density at radius 3 is 2.53 bits per heavy atom. The van der Waals surface area contributed by atoms with Gasteiger partial charge in [0.05, 0.1) is 25.2 Å². The lowest BCUT2D eigenvalue weighted by Gasteiger charge is -2.32. The number of imidazole rings is 1. The fourth-order valence-corrected chi connectivity index (χ4v) is 4.19. The summed E-state index contributed by atoms with van der Waals surface area (Å²) in [5.74, 6) is 0.00170. The first-order valence-corrected chi connectivity index (χ1v) is 10.7. The molecule has 1 aromatic heterocycles. The van der Waals surface area contributed by atoms with Gasteiger partial charge in [-0.1, -0.05) is 29.8 Å². The molecule has 3 heterocycles. The van der Waals surface area contributed by atoms with Crippen molar-refractivity contribution in [2.45, 2.75) is 58.9 Å². The maximum Gasteiger partial charge on any atom is 0.274 e. The van der Waals surface area contributed by atoms with Crippen LogP contribution in [0.3, 0.4) is 0 Å². The minimum Gasteiger partial charge on any atom is -0.365 e. The van der Waals surface area contributed by atoms with Gasteiger partial charge in [0.25, 0.3) is 5.91 Å². The van der Waals surface area contributed by atoms with Crippen molar-refractivity contribution in [2.75, 3.05) is 13.1 Å². The van der Waals surface area contributed by atoms with Gasteiger partial charge in [0.1, 0.15) is 6.10 Å². The third kappa shape index (κ3) is 4.26. The van der Waals surface area contributed by atoms with E-state index in [0.29, 0.717) is 44.8 Å². The second-order valence-corrected chi connectivity index (χ2v) is 8.63. The molecule has 1 fully saturated rings. The largest absolute Gasteiger partial charge is 0.365 e. The predicted molar refractivity (Wildman–Crippen MR) is 113 cm³/mol. The molecule has 0 spiro atoms. The van der Waals surface area contributed by atoms with Gasteiger partial charge in [0.15, 0.2) is 5.69 Å². The monoisotopic (exact) mass is 410 g/mol. The van der Waals surface area contributed by atoms with Crippen LogP contribution >= 0.6 is 0 Å². The van der Waals surface area contributed by atoms with Crippen LogP contribution in [0.1, 0.15) is 60.1 Å². The molecule has 2 aromatic rings. The van der Waals surface area contributed by atoms with Crippen LogP contribution in [0.25, 0.3) is 0 Å². The molecule has 7 heteroatoms. The molecule has 30 heavy (non-hydrogen) atoms. The average Bonchev–Trinajstić information content (AvgIpc) is 3.16. The summed E-state index contributed by atoms with van der Waals surface area (Å²) in [6.45, 7) is 8.16. The van der Waals surface area contributed by atoms with Crippen molar-refractivity contribution in [1.29, 1.82) is 0 Å². The molecule has 2 aliphatic heterocycles. The Hall–Kier alpha value is -2.67. The molecule has 0 radical (unpaired) electrons. The summed E-state index contributed by atoms with van der Waals surface area (Å²) in [4.78, 5) is 31.5.